The zero-order chi connectivity index (χ0) is 26.1. The van der Waals surface area contributed by atoms with Crippen molar-refractivity contribution < 1.29 is 23.5 Å². The largest absolute Gasteiger partial charge is 0.421 e. The van der Waals surface area contributed by atoms with Gasteiger partial charge < -0.3 is 24.5 Å². The molecular weight excluding hydrogens is 448 g/mol. The quantitative estimate of drug-likeness (QED) is 0.286. The van der Waals surface area contributed by atoms with Crippen LogP contribution in [-0.2, 0) is 14.3 Å². The van der Waals surface area contributed by atoms with E-state index in [4.69, 9.17) is 13.9 Å². The molecule has 0 atom stereocenters. The molecule has 0 saturated carbocycles. The second kappa shape index (κ2) is 16.8. The van der Waals surface area contributed by atoms with Crippen molar-refractivity contribution in [1.82, 2.24) is 20.8 Å². The highest BCUT2D eigenvalue weighted by Crippen LogP contribution is 2.28. The first-order valence-electron chi connectivity index (χ1n) is 12.2. The summed E-state index contributed by atoms with van der Waals surface area (Å²) in [7, 11) is 0. The number of carbonyl (C=O) groups is 2. The van der Waals surface area contributed by atoms with Crippen LogP contribution < -0.4 is 10.6 Å². The van der Waals surface area contributed by atoms with Crippen LogP contribution in [0.25, 0.3) is 11.5 Å². The zero-order valence-corrected chi connectivity index (χ0v) is 22.1. The van der Waals surface area contributed by atoms with Gasteiger partial charge in [0.25, 0.3) is 5.91 Å². The number of hydrogen-bond acceptors (Lipinski definition) is 7. The minimum absolute atomic E-state index is 0.182. The Hall–Kier alpha value is -2.78. The maximum atomic E-state index is 12.1. The molecule has 1 aromatic heterocycles. The van der Waals surface area contributed by atoms with Crippen LogP contribution in [0.5, 0.6) is 0 Å². The van der Waals surface area contributed by atoms with Gasteiger partial charge in [0.05, 0.1) is 26.4 Å². The van der Waals surface area contributed by atoms with E-state index in [9.17, 15) is 9.59 Å². The number of benzene rings is 1. The number of nitrogens with one attached hydrogen (secondary N) is 2. The molecule has 0 aliphatic heterocycles. The van der Waals surface area contributed by atoms with Crippen LogP contribution in [0.1, 0.15) is 63.7 Å². The molecule has 0 bridgehead atoms. The minimum Gasteiger partial charge on any atom is -0.421 e. The molecule has 2 N–H and O–H groups in total. The van der Waals surface area contributed by atoms with Crippen molar-refractivity contribution in [2.24, 2.45) is 11.3 Å². The van der Waals surface area contributed by atoms with Gasteiger partial charge in [-0.3, -0.25) is 9.59 Å². The number of carbonyl (C=O) groups excluding carboxylic acids is 2. The number of aromatic nitrogens is 2. The molecule has 2 amide bonds. The molecule has 0 aliphatic carbocycles. The molecular formula is C26H42N4O5. The summed E-state index contributed by atoms with van der Waals surface area (Å²) in [5, 5.41) is 13.0. The topological polar surface area (TPSA) is 116 Å². The molecule has 0 saturated heterocycles. The van der Waals surface area contributed by atoms with Gasteiger partial charge in [-0.15, -0.1) is 10.2 Å². The molecule has 0 radical (unpaired) electrons. The summed E-state index contributed by atoms with van der Waals surface area (Å²) in [4.78, 5) is 22.1. The molecule has 9 heteroatoms. The lowest BCUT2D eigenvalue weighted by Crippen LogP contribution is -2.27. The van der Waals surface area contributed by atoms with E-state index in [-0.39, 0.29) is 5.91 Å². The van der Waals surface area contributed by atoms with Crippen LogP contribution in [0.2, 0.25) is 0 Å². The summed E-state index contributed by atoms with van der Waals surface area (Å²) in [5.41, 5.74) is 1.86. The average molecular weight is 491 g/mol. The van der Waals surface area contributed by atoms with Crippen LogP contribution in [0.3, 0.4) is 0 Å². The Morgan fingerprint density at radius 3 is 2.17 bits per heavy atom. The van der Waals surface area contributed by atoms with Gasteiger partial charge in [0.2, 0.25) is 18.2 Å². The number of amides is 2. The van der Waals surface area contributed by atoms with Crippen molar-refractivity contribution in [3.63, 3.8) is 0 Å². The third kappa shape index (κ3) is 13.6. The highest BCUT2D eigenvalue weighted by molar-refractivity contribution is 5.94. The van der Waals surface area contributed by atoms with E-state index < -0.39 is 0 Å². The zero-order valence-electron chi connectivity index (χ0n) is 22.1. The van der Waals surface area contributed by atoms with Crippen LogP contribution in [-0.4, -0.2) is 62.0 Å². The van der Waals surface area contributed by atoms with E-state index in [1.165, 1.54) is 12.8 Å². The Morgan fingerprint density at radius 2 is 1.69 bits per heavy atom. The molecule has 2 aromatic rings. The first kappa shape index (κ1) is 30.3. The van der Waals surface area contributed by atoms with Crippen molar-refractivity contribution in [3.05, 3.63) is 35.7 Å². The lowest BCUT2D eigenvalue weighted by molar-refractivity contribution is -0.109. The van der Waals surface area contributed by atoms with Gasteiger partial charge in [-0.05, 0) is 42.0 Å². The Bertz CT molecular complexity index is 850. The predicted molar refractivity (Wildman–Crippen MR) is 136 cm³/mol. The van der Waals surface area contributed by atoms with E-state index in [1.54, 1.807) is 31.2 Å². The molecule has 2 rings (SSSR count). The highest BCUT2D eigenvalue weighted by Gasteiger charge is 2.15. The molecule has 0 fully saturated rings. The Kier molecular flexibility index (Phi) is 14.5. The van der Waals surface area contributed by atoms with Gasteiger partial charge in [-0.2, -0.15) is 0 Å². The molecule has 0 unspecified atom stereocenters. The molecule has 196 valence electrons. The summed E-state index contributed by atoms with van der Waals surface area (Å²) >= 11 is 0. The van der Waals surface area contributed by atoms with Gasteiger partial charge in [-0.25, -0.2) is 0 Å². The maximum Gasteiger partial charge on any atom is 0.251 e. The first-order chi connectivity index (χ1) is 16.7. The highest BCUT2D eigenvalue weighted by atomic mass is 16.5. The number of nitrogens with zero attached hydrogens (tertiary/aromatic N) is 2. The van der Waals surface area contributed by atoms with Crippen molar-refractivity contribution in [2.75, 3.05) is 39.5 Å². The van der Waals surface area contributed by atoms with Gasteiger partial charge >= 0.3 is 0 Å². The fourth-order valence-corrected chi connectivity index (χ4v) is 3.28. The predicted octanol–water partition coefficient (Wildman–Crippen LogP) is 4.02. The van der Waals surface area contributed by atoms with Crippen molar-refractivity contribution in [3.8, 4) is 11.5 Å². The molecule has 0 aliphatic rings. The summed E-state index contributed by atoms with van der Waals surface area (Å²) in [6, 6.07) is 6.92. The average Bonchev–Trinajstić information content (AvgIpc) is 3.26. The van der Waals surface area contributed by atoms with Crippen LogP contribution in [0.4, 0.5) is 0 Å². The number of rotatable bonds is 15. The van der Waals surface area contributed by atoms with E-state index in [0.29, 0.717) is 68.7 Å². The third-order valence-corrected chi connectivity index (χ3v) is 5.22. The van der Waals surface area contributed by atoms with Gasteiger partial charge in [0.15, 0.2) is 0 Å². The molecule has 1 aromatic carbocycles. The molecule has 9 nitrogen and oxygen atoms in total. The molecule has 35 heavy (non-hydrogen) atoms. The lowest BCUT2D eigenvalue weighted by Gasteiger charge is -2.24. The Morgan fingerprint density at radius 1 is 1.06 bits per heavy atom. The second-order valence-electron chi connectivity index (χ2n) is 9.37. The van der Waals surface area contributed by atoms with Gasteiger partial charge in [-0.1, -0.05) is 41.0 Å². The molecule has 0 spiro atoms. The maximum absolute atomic E-state index is 12.1. The van der Waals surface area contributed by atoms with Crippen LogP contribution in [0, 0.1) is 18.3 Å². The van der Waals surface area contributed by atoms with Crippen molar-refractivity contribution >= 4 is 12.3 Å². The van der Waals surface area contributed by atoms with Crippen molar-refractivity contribution in [2.45, 2.75) is 54.4 Å². The van der Waals surface area contributed by atoms with Crippen molar-refractivity contribution in [1.29, 1.82) is 0 Å². The lowest BCUT2D eigenvalue weighted by atomic mass is 9.82. The SMILES string of the molecule is CCC(C)(C)CC(C)C.Cc1nnc(-c2ccc(C(=O)NCCOCCOCCNC=O)cc2)o1. The standard InChI is InChI=1S/C17H22N4O5.C9H20/c1-13-20-21-17(26-13)15-4-2-14(3-5-15)16(23)19-7-9-25-11-10-24-8-6-18-12-22;1-6-9(4,5)7-8(2)3/h2-5,12H,6-11H2,1H3,(H,18,22)(H,19,23);8H,6-7H2,1-5H3. The van der Waals surface area contributed by atoms with Gasteiger partial charge in [0.1, 0.15) is 0 Å². The summed E-state index contributed by atoms with van der Waals surface area (Å²) < 4.78 is 15.9. The Labute approximate surface area is 209 Å². The monoisotopic (exact) mass is 490 g/mol. The minimum atomic E-state index is -0.182. The van der Waals surface area contributed by atoms with Crippen LogP contribution >= 0.6 is 0 Å². The molecule has 1 heterocycles. The number of hydrogen-bond donors (Lipinski definition) is 2. The van der Waals surface area contributed by atoms with E-state index in [0.717, 1.165) is 11.5 Å². The number of aryl methyl sites for hydroxylation is 1. The van der Waals surface area contributed by atoms with Crippen LogP contribution in [0.15, 0.2) is 28.7 Å². The number of ether oxygens (including phenoxy) is 2. The van der Waals surface area contributed by atoms with Gasteiger partial charge in [0, 0.05) is 31.1 Å². The summed E-state index contributed by atoms with van der Waals surface area (Å²) in [5.74, 6) is 1.58. The Balaban J connectivity index is 0.000000579. The fourth-order valence-electron chi connectivity index (χ4n) is 3.28. The second-order valence-corrected chi connectivity index (χ2v) is 9.37. The van der Waals surface area contributed by atoms with E-state index in [2.05, 4.69) is 55.4 Å². The summed E-state index contributed by atoms with van der Waals surface area (Å²) in [6.07, 6.45) is 3.27. The summed E-state index contributed by atoms with van der Waals surface area (Å²) in [6.45, 7) is 15.8. The van der Waals surface area contributed by atoms with E-state index in [1.807, 2.05) is 0 Å². The normalized spacial score (nSPS) is 11.1. The first-order valence-corrected chi connectivity index (χ1v) is 12.2. The third-order valence-electron chi connectivity index (χ3n) is 5.22. The van der Waals surface area contributed by atoms with E-state index >= 15 is 0 Å². The smallest absolute Gasteiger partial charge is 0.251 e. The fraction of sp³-hybridized carbons (Fsp3) is 0.615.